The van der Waals surface area contributed by atoms with E-state index in [0.717, 1.165) is 6.07 Å². The monoisotopic (exact) mass is 501 g/mol. The van der Waals surface area contributed by atoms with Crippen molar-refractivity contribution in [2.24, 2.45) is 5.41 Å². The Bertz CT molecular complexity index is 1180. The van der Waals surface area contributed by atoms with E-state index in [0.29, 0.717) is 11.4 Å². The molecular weight excluding hydrogens is 481 g/mol. The molecular formula is C19H21Cl2N5O5S. The predicted octanol–water partition coefficient (Wildman–Crippen LogP) is 3.08. The normalized spacial score (nSPS) is 18.1. The van der Waals surface area contributed by atoms with Gasteiger partial charge < -0.3 is 10.1 Å². The van der Waals surface area contributed by atoms with Gasteiger partial charge in [0.2, 0.25) is 11.9 Å². The number of sulfonamides is 1. The SMILES string of the molecule is Cc1cc(C)nc(NC(=O)NS(=O)(=O)c2cc(Cl)c(C3NC(=O)C(C)(C)CO3)cc2Cl)n1. The molecule has 0 aliphatic carbocycles. The number of carbonyl (C=O) groups excluding carboxylic acids is 2. The van der Waals surface area contributed by atoms with E-state index in [1.165, 1.54) is 6.07 Å². The molecule has 32 heavy (non-hydrogen) atoms. The maximum atomic E-state index is 12.7. The molecule has 1 aromatic carbocycles. The number of aromatic nitrogens is 2. The van der Waals surface area contributed by atoms with Crippen molar-refractivity contribution in [3.63, 3.8) is 0 Å². The lowest BCUT2D eigenvalue weighted by Gasteiger charge is -2.34. The molecule has 2 heterocycles. The number of anilines is 1. The molecule has 1 aromatic heterocycles. The van der Waals surface area contributed by atoms with Crippen molar-refractivity contribution in [3.8, 4) is 0 Å². The molecule has 0 saturated carbocycles. The average molecular weight is 502 g/mol. The second-order valence-electron chi connectivity index (χ2n) is 7.89. The molecule has 1 saturated heterocycles. The van der Waals surface area contributed by atoms with Gasteiger partial charge in [0.25, 0.3) is 10.0 Å². The number of hydrogen-bond acceptors (Lipinski definition) is 7. The third-order valence-electron chi connectivity index (χ3n) is 4.55. The lowest BCUT2D eigenvalue weighted by atomic mass is 9.92. The smallest absolute Gasteiger partial charge is 0.335 e. The number of amides is 3. The Hall–Kier alpha value is -2.47. The number of ether oxygens (including phenoxy) is 1. The first-order chi connectivity index (χ1) is 14.8. The van der Waals surface area contributed by atoms with Gasteiger partial charge in [-0.3, -0.25) is 10.1 Å². The molecule has 1 fully saturated rings. The lowest BCUT2D eigenvalue weighted by Crippen LogP contribution is -2.48. The highest BCUT2D eigenvalue weighted by Crippen LogP contribution is 2.35. The summed E-state index contributed by atoms with van der Waals surface area (Å²) in [4.78, 5) is 32.0. The van der Waals surface area contributed by atoms with Gasteiger partial charge in [0.05, 0.1) is 17.0 Å². The number of nitrogens with zero attached hydrogens (tertiary/aromatic N) is 2. The average Bonchev–Trinajstić information content (AvgIpc) is 2.64. The first-order valence-electron chi connectivity index (χ1n) is 9.36. The van der Waals surface area contributed by atoms with E-state index in [4.69, 9.17) is 27.9 Å². The molecule has 1 atom stereocenters. The predicted molar refractivity (Wildman–Crippen MR) is 118 cm³/mol. The molecule has 13 heteroatoms. The number of aryl methyl sites for hydroxylation is 2. The Morgan fingerprint density at radius 2 is 1.78 bits per heavy atom. The van der Waals surface area contributed by atoms with Crippen LogP contribution in [0.5, 0.6) is 0 Å². The van der Waals surface area contributed by atoms with Crippen LogP contribution in [-0.4, -0.2) is 36.9 Å². The molecule has 3 N–H and O–H groups in total. The van der Waals surface area contributed by atoms with Gasteiger partial charge in [0, 0.05) is 22.0 Å². The van der Waals surface area contributed by atoms with Crippen molar-refractivity contribution >= 4 is 51.1 Å². The minimum atomic E-state index is -4.39. The third kappa shape index (κ3) is 5.29. The largest absolute Gasteiger partial charge is 0.353 e. The first-order valence-corrected chi connectivity index (χ1v) is 11.6. The highest BCUT2D eigenvalue weighted by atomic mass is 35.5. The molecule has 0 spiro atoms. The van der Waals surface area contributed by atoms with Gasteiger partial charge >= 0.3 is 6.03 Å². The molecule has 1 unspecified atom stereocenters. The van der Waals surface area contributed by atoms with Crippen molar-refractivity contribution in [2.45, 2.75) is 38.8 Å². The Morgan fingerprint density at radius 1 is 1.16 bits per heavy atom. The molecule has 172 valence electrons. The topological polar surface area (TPSA) is 139 Å². The van der Waals surface area contributed by atoms with Crippen molar-refractivity contribution in [2.75, 3.05) is 11.9 Å². The fraction of sp³-hybridized carbons (Fsp3) is 0.368. The summed E-state index contributed by atoms with van der Waals surface area (Å²) in [6.45, 7) is 7.00. The molecule has 1 aliphatic heterocycles. The Morgan fingerprint density at radius 3 is 2.38 bits per heavy atom. The van der Waals surface area contributed by atoms with Crippen molar-refractivity contribution in [1.82, 2.24) is 20.0 Å². The van der Waals surface area contributed by atoms with E-state index in [2.05, 4.69) is 20.6 Å². The summed E-state index contributed by atoms with van der Waals surface area (Å²) in [5.74, 6) is -0.299. The van der Waals surface area contributed by atoms with Crippen molar-refractivity contribution < 1.29 is 22.7 Å². The summed E-state index contributed by atoms with van der Waals surface area (Å²) in [5, 5.41) is 4.71. The van der Waals surface area contributed by atoms with Crippen LogP contribution in [0.1, 0.15) is 37.0 Å². The van der Waals surface area contributed by atoms with Crippen LogP contribution < -0.4 is 15.4 Å². The number of nitrogens with one attached hydrogen (secondary N) is 3. The number of hydrogen-bond donors (Lipinski definition) is 3. The van der Waals surface area contributed by atoms with Gasteiger partial charge in [-0.05, 0) is 45.9 Å². The number of rotatable bonds is 4. The van der Waals surface area contributed by atoms with Gasteiger partial charge in [0.15, 0.2) is 6.23 Å². The summed E-state index contributed by atoms with van der Waals surface area (Å²) >= 11 is 12.4. The molecule has 1 aliphatic rings. The summed E-state index contributed by atoms with van der Waals surface area (Å²) in [7, 11) is -4.39. The quantitative estimate of drug-likeness (QED) is 0.584. The van der Waals surface area contributed by atoms with Crippen LogP contribution in [0.2, 0.25) is 10.0 Å². The van der Waals surface area contributed by atoms with E-state index in [1.807, 2.05) is 4.72 Å². The summed E-state index contributed by atoms with van der Waals surface area (Å²) in [6.07, 6.45) is -0.893. The Kier molecular flexibility index (Phi) is 6.66. The standard InChI is InChI=1S/C19H21Cl2N5O5S/c1-9-5-10(2)23-17(22-9)25-18(28)26-32(29,30)14-7-12(20)11(6-13(14)21)15-24-16(27)19(3,4)8-31-15/h5-7,15H,8H2,1-4H3,(H,24,27)(H2,22,23,25,26,28). The van der Waals surface area contributed by atoms with Gasteiger partial charge in [0.1, 0.15) is 4.90 Å². The zero-order valence-electron chi connectivity index (χ0n) is 17.6. The first kappa shape index (κ1) is 24.2. The van der Waals surface area contributed by atoms with Crippen LogP contribution in [0.4, 0.5) is 10.7 Å². The van der Waals surface area contributed by atoms with Crippen LogP contribution in [-0.2, 0) is 19.6 Å². The van der Waals surface area contributed by atoms with Crippen LogP contribution in [0.3, 0.4) is 0 Å². The molecule has 10 nitrogen and oxygen atoms in total. The fourth-order valence-electron chi connectivity index (χ4n) is 2.92. The Balaban J connectivity index is 1.80. The fourth-order valence-corrected chi connectivity index (χ4v) is 4.72. The van der Waals surface area contributed by atoms with Crippen LogP contribution >= 0.6 is 23.2 Å². The third-order valence-corrected chi connectivity index (χ3v) is 6.67. The minimum absolute atomic E-state index is 0.0159. The maximum absolute atomic E-state index is 12.7. The number of urea groups is 1. The zero-order valence-corrected chi connectivity index (χ0v) is 19.9. The summed E-state index contributed by atoms with van der Waals surface area (Å²) in [6, 6.07) is 2.98. The molecule has 3 rings (SSSR count). The van der Waals surface area contributed by atoms with Gasteiger partial charge in [-0.15, -0.1) is 0 Å². The number of benzene rings is 1. The minimum Gasteiger partial charge on any atom is -0.353 e. The van der Waals surface area contributed by atoms with E-state index in [9.17, 15) is 18.0 Å². The second kappa shape index (κ2) is 8.81. The maximum Gasteiger partial charge on any atom is 0.335 e. The van der Waals surface area contributed by atoms with E-state index in [-0.39, 0.29) is 34.1 Å². The molecule has 2 aromatic rings. The lowest BCUT2D eigenvalue weighted by molar-refractivity contribution is -0.150. The molecule has 0 bridgehead atoms. The van der Waals surface area contributed by atoms with Crippen LogP contribution in [0.15, 0.2) is 23.1 Å². The Labute approximate surface area is 195 Å². The van der Waals surface area contributed by atoms with E-state index < -0.39 is 32.6 Å². The molecule has 3 amide bonds. The summed E-state index contributed by atoms with van der Waals surface area (Å²) < 4.78 is 32.9. The highest BCUT2D eigenvalue weighted by Gasteiger charge is 2.37. The molecule has 0 radical (unpaired) electrons. The van der Waals surface area contributed by atoms with Gasteiger partial charge in [-0.2, -0.15) is 0 Å². The zero-order chi connectivity index (χ0) is 23.8. The van der Waals surface area contributed by atoms with Gasteiger partial charge in [-0.25, -0.2) is 27.9 Å². The number of carbonyl (C=O) groups is 2. The number of halogens is 2. The van der Waals surface area contributed by atoms with E-state index >= 15 is 0 Å². The van der Waals surface area contributed by atoms with Crippen molar-refractivity contribution in [1.29, 1.82) is 0 Å². The van der Waals surface area contributed by atoms with Crippen molar-refractivity contribution in [3.05, 3.63) is 45.2 Å². The van der Waals surface area contributed by atoms with Crippen LogP contribution in [0, 0.1) is 19.3 Å². The second-order valence-corrected chi connectivity index (χ2v) is 10.4. The van der Waals surface area contributed by atoms with E-state index in [1.54, 1.807) is 33.8 Å². The highest BCUT2D eigenvalue weighted by molar-refractivity contribution is 7.90. The summed E-state index contributed by atoms with van der Waals surface area (Å²) in [5.41, 5.74) is 0.767. The van der Waals surface area contributed by atoms with Gasteiger partial charge in [-0.1, -0.05) is 23.2 Å². The van der Waals surface area contributed by atoms with Crippen LogP contribution in [0.25, 0.3) is 0 Å².